The minimum Gasteiger partial charge on any atom is -0.387 e. The first-order valence-corrected chi connectivity index (χ1v) is 9.42. The second-order valence-electron chi connectivity index (χ2n) is 5.75. The largest absolute Gasteiger partial charge is 0.469 e. The molecule has 0 amide bonds. The summed E-state index contributed by atoms with van der Waals surface area (Å²) in [5, 5.41) is 10.5. The van der Waals surface area contributed by atoms with Gasteiger partial charge in [0.1, 0.15) is 30.2 Å². The molecule has 0 bridgehead atoms. The Balaban J connectivity index is 1.87. The number of ether oxygens (including phenoxy) is 3. The third kappa shape index (κ3) is 4.42. The molecule has 0 aromatic carbocycles. The smallest absolute Gasteiger partial charge is 0.387 e. The van der Waals surface area contributed by atoms with Crippen LogP contribution < -0.4 is 5.73 Å². The second kappa shape index (κ2) is 8.12. The van der Waals surface area contributed by atoms with Crippen LogP contribution in [0.2, 0.25) is 0 Å². The van der Waals surface area contributed by atoms with Crippen molar-refractivity contribution in [1.82, 2.24) is 19.5 Å². The number of nitrogens with zero attached hydrogens (tertiary/aromatic N) is 4. The number of methoxy groups -OCH3 is 1. The average Bonchev–Trinajstić information content (AvgIpc) is 3.16. The number of phosphoric acid groups is 1. The molecule has 27 heavy (non-hydrogen) atoms. The van der Waals surface area contributed by atoms with Gasteiger partial charge in [0, 0.05) is 7.11 Å². The third-order valence-corrected chi connectivity index (χ3v) is 4.46. The normalized spacial score (nSPS) is 26.1. The van der Waals surface area contributed by atoms with Crippen molar-refractivity contribution < 1.29 is 38.2 Å². The summed E-state index contributed by atoms with van der Waals surface area (Å²) in [6.07, 6.45) is -1.38. The van der Waals surface area contributed by atoms with Crippen LogP contribution in [0, 0.1) is 0 Å². The van der Waals surface area contributed by atoms with Crippen molar-refractivity contribution in [3.05, 3.63) is 12.7 Å². The molecular formula is C13H20N5O8P. The lowest BCUT2D eigenvalue weighted by molar-refractivity contribution is -0.0784. The molecule has 0 spiro atoms. The van der Waals surface area contributed by atoms with Gasteiger partial charge in [-0.25, -0.2) is 19.5 Å². The van der Waals surface area contributed by atoms with E-state index in [1.807, 2.05) is 0 Å². The Morgan fingerprint density at radius 2 is 2.11 bits per heavy atom. The van der Waals surface area contributed by atoms with Gasteiger partial charge in [-0.3, -0.25) is 9.09 Å². The lowest BCUT2D eigenvalue weighted by atomic mass is 10.1. The van der Waals surface area contributed by atoms with Crippen LogP contribution in [-0.2, 0) is 23.3 Å². The minimum absolute atomic E-state index is 0.161. The number of anilines is 1. The average molecular weight is 405 g/mol. The van der Waals surface area contributed by atoms with Crippen LogP contribution in [-0.4, -0.2) is 79.7 Å². The van der Waals surface area contributed by atoms with Crippen molar-refractivity contribution >= 4 is 24.8 Å². The van der Waals surface area contributed by atoms with Crippen molar-refractivity contribution in [2.24, 2.45) is 0 Å². The zero-order valence-electron chi connectivity index (χ0n) is 14.3. The third-order valence-electron chi connectivity index (χ3n) is 3.98. The summed E-state index contributed by atoms with van der Waals surface area (Å²) in [6.45, 7) is -0.0941. The van der Waals surface area contributed by atoms with E-state index in [4.69, 9.17) is 29.7 Å². The van der Waals surface area contributed by atoms with Crippen LogP contribution in [0.1, 0.15) is 6.23 Å². The topological polar surface area (TPSA) is 184 Å². The molecule has 1 aliphatic rings. The van der Waals surface area contributed by atoms with Crippen LogP contribution in [0.3, 0.4) is 0 Å². The Bertz CT molecular complexity index is 828. The summed E-state index contributed by atoms with van der Waals surface area (Å²) < 4.78 is 33.3. The Morgan fingerprint density at radius 1 is 1.33 bits per heavy atom. The Labute approximate surface area is 153 Å². The van der Waals surface area contributed by atoms with Gasteiger partial charge in [0.05, 0.1) is 26.1 Å². The number of nitrogens with two attached hydrogens (primary N) is 1. The highest BCUT2D eigenvalue weighted by Gasteiger charge is 2.46. The lowest BCUT2D eigenvalue weighted by Gasteiger charge is -2.21. The first-order chi connectivity index (χ1) is 12.8. The van der Waals surface area contributed by atoms with Crippen molar-refractivity contribution in [3.8, 4) is 0 Å². The predicted molar refractivity (Wildman–Crippen MR) is 89.3 cm³/mol. The molecule has 1 aliphatic heterocycles. The zero-order valence-corrected chi connectivity index (χ0v) is 15.2. The molecular weight excluding hydrogens is 385 g/mol. The Morgan fingerprint density at radius 3 is 2.81 bits per heavy atom. The molecule has 5 N–H and O–H groups in total. The number of imidazole rings is 1. The van der Waals surface area contributed by atoms with E-state index in [0.717, 1.165) is 0 Å². The molecule has 3 heterocycles. The first-order valence-electron chi connectivity index (χ1n) is 7.89. The molecule has 3 rings (SSSR count). The van der Waals surface area contributed by atoms with Gasteiger partial charge in [-0.15, -0.1) is 0 Å². The van der Waals surface area contributed by atoms with Crippen LogP contribution >= 0.6 is 7.82 Å². The summed E-state index contributed by atoms with van der Waals surface area (Å²) in [7, 11) is -3.22. The second-order valence-corrected chi connectivity index (χ2v) is 6.99. The maximum absolute atomic E-state index is 11.0. The summed E-state index contributed by atoms with van der Waals surface area (Å²) in [4.78, 5) is 29.9. The van der Waals surface area contributed by atoms with Crippen molar-refractivity contribution in [1.29, 1.82) is 0 Å². The quantitative estimate of drug-likeness (QED) is 0.304. The van der Waals surface area contributed by atoms with Crippen LogP contribution in [0.4, 0.5) is 5.82 Å². The molecule has 0 aliphatic carbocycles. The van der Waals surface area contributed by atoms with E-state index in [9.17, 15) is 9.67 Å². The van der Waals surface area contributed by atoms with Gasteiger partial charge < -0.3 is 34.8 Å². The Kier molecular flexibility index (Phi) is 6.03. The first kappa shape index (κ1) is 20.0. The lowest BCUT2D eigenvalue weighted by Crippen LogP contribution is -2.36. The number of aromatic nitrogens is 4. The minimum atomic E-state index is -4.72. The maximum Gasteiger partial charge on any atom is 0.469 e. The number of hydrogen-bond donors (Lipinski definition) is 4. The standard InChI is InChI=1S/C13H20N5O8P/c1-23-2-3-24-10-9(19)7(4-25-27(20,21)22)26-13(10)18-6-17-8-11(14)15-5-16-12(8)18/h5-7,9-10,13,19H,2-4H2,1H3,(H2,14,15,16)(H2,20,21,22)/t7-,9-,10-,13-/m1/s1. The van der Waals surface area contributed by atoms with Gasteiger partial charge >= 0.3 is 7.82 Å². The molecule has 0 saturated carbocycles. The van der Waals surface area contributed by atoms with Gasteiger partial charge in [-0.05, 0) is 0 Å². The summed E-state index contributed by atoms with van der Waals surface area (Å²) >= 11 is 0. The van der Waals surface area contributed by atoms with E-state index in [1.54, 1.807) is 0 Å². The highest BCUT2D eigenvalue weighted by molar-refractivity contribution is 7.46. The molecule has 14 heteroatoms. The van der Waals surface area contributed by atoms with E-state index in [1.165, 1.54) is 24.3 Å². The van der Waals surface area contributed by atoms with Gasteiger partial charge in [0.25, 0.3) is 0 Å². The van der Waals surface area contributed by atoms with Crippen LogP contribution in [0.5, 0.6) is 0 Å². The molecule has 13 nitrogen and oxygen atoms in total. The van der Waals surface area contributed by atoms with E-state index < -0.39 is 39.0 Å². The predicted octanol–water partition coefficient (Wildman–Crippen LogP) is -1.19. The molecule has 4 atom stereocenters. The van der Waals surface area contributed by atoms with Crippen molar-refractivity contribution in [2.45, 2.75) is 24.5 Å². The number of phosphoric ester groups is 1. The van der Waals surface area contributed by atoms with Crippen molar-refractivity contribution in [2.75, 3.05) is 32.7 Å². The SMILES string of the molecule is COCCO[C@@H]1[C@H](O)[C@@H](COP(=O)(O)O)O[C@H]1n1cnc2c(N)ncnc21. The van der Waals surface area contributed by atoms with E-state index in [2.05, 4.69) is 19.5 Å². The van der Waals surface area contributed by atoms with E-state index in [0.29, 0.717) is 11.2 Å². The molecule has 2 aromatic rings. The molecule has 1 saturated heterocycles. The molecule has 1 fully saturated rings. The number of fused-ring (bicyclic) bond motifs is 1. The fraction of sp³-hybridized carbons (Fsp3) is 0.615. The summed E-state index contributed by atoms with van der Waals surface area (Å²) in [6, 6.07) is 0. The number of aliphatic hydroxyl groups excluding tert-OH is 1. The molecule has 0 radical (unpaired) electrons. The fourth-order valence-electron chi connectivity index (χ4n) is 2.75. The highest BCUT2D eigenvalue weighted by atomic mass is 31.2. The summed E-state index contributed by atoms with van der Waals surface area (Å²) in [5.41, 5.74) is 6.49. The molecule has 150 valence electrons. The van der Waals surface area contributed by atoms with Gasteiger partial charge in [0.2, 0.25) is 0 Å². The van der Waals surface area contributed by atoms with Gasteiger partial charge in [0.15, 0.2) is 17.7 Å². The van der Waals surface area contributed by atoms with Crippen LogP contribution in [0.15, 0.2) is 12.7 Å². The van der Waals surface area contributed by atoms with Gasteiger partial charge in [-0.1, -0.05) is 0 Å². The zero-order chi connectivity index (χ0) is 19.6. The molecule has 0 unspecified atom stereocenters. The number of aliphatic hydroxyl groups is 1. The fourth-order valence-corrected chi connectivity index (χ4v) is 3.10. The van der Waals surface area contributed by atoms with E-state index in [-0.39, 0.29) is 19.0 Å². The van der Waals surface area contributed by atoms with E-state index >= 15 is 0 Å². The highest BCUT2D eigenvalue weighted by Crippen LogP contribution is 2.39. The monoisotopic (exact) mass is 405 g/mol. The number of hydrogen-bond acceptors (Lipinski definition) is 10. The number of nitrogen functional groups attached to an aromatic ring is 1. The van der Waals surface area contributed by atoms with Crippen LogP contribution in [0.25, 0.3) is 11.2 Å². The van der Waals surface area contributed by atoms with Gasteiger partial charge in [-0.2, -0.15) is 0 Å². The maximum atomic E-state index is 11.0. The Hall–Kier alpha value is -1.70. The summed E-state index contributed by atoms with van der Waals surface area (Å²) in [5.74, 6) is 0.176. The molecule has 2 aromatic heterocycles. The number of rotatable bonds is 8. The van der Waals surface area contributed by atoms with Crippen molar-refractivity contribution in [3.63, 3.8) is 0 Å².